The average Bonchev–Trinajstić information content (AvgIpc) is 2.57. The molecule has 5 heteroatoms. The molecular weight excluding hydrogens is 399 g/mol. The van der Waals surface area contributed by atoms with Crippen LogP contribution in [0.2, 0.25) is 0 Å². The Morgan fingerprint density at radius 3 is 2.35 bits per heavy atom. The van der Waals surface area contributed by atoms with E-state index in [9.17, 15) is 0 Å². The molecule has 124 valence electrons. The van der Waals surface area contributed by atoms with Gasteiger partial charge in [-0.25, -0.2) is 0 Å². The number of hydrogen-bond acceptors (Lipinski definition) is 2. The third kappa shape index (κ3) is 6.17. The van der Waals surface area contributed by atoms with E-state index in [4.69, 9.17) is 0 Å². The average molecular weight is 424 g/mol. The third-order valence-corrected chi connectivity index (χ3v) is 3.64. The zero-order valence-corrected chi connectivity index (χ0v) is 16.2. The lowest BCUT2D eigenvalue weighted by Crippen LogP contribution is -2.43. The second-order valence-corrected chi connectivity index (χ2v) is 5.85. The topological polar surface area (TPSA) is 49.3 Å². The zero-order chi connectivity index (χ0) is 15.8. The predicted molar refractivity (Wildman–Crippen MR) is 107 cm³/mol. The Balaban J connectivity index is 0.00000264. The van der Waals surface area contributed by atoms with Gasteiger partial charge >= 0.3 is 0 Å². The molecule has 0 aliphatic carbocycles. The van der Waals surface area contributed by atoms with Gasteiger partial charge in [0.25, 0.3) is 0 Å². The van der Waals surface area contributed by atoms with Gasteiger partial charge in [-0.05, 0) is 17.7 Å². The molecule has 0 unspecified atom stereocenters. The Kier molecular flexibility index (Phi) is 8.02. The molecular formula is C18H25IN4. The number of hydrogen-bond donors (Lipinski definition) is 2. The lowest BCUT2D eigenvalue weighted by molar-refractivity contribution is 0.508. The van der Waals surface area contributed by atoms with E-state index in [1.165, 1.54) is 5.56 Å². The first kappa shape index (κ1) is 19.4. The van der Waals surface area contributed by atoms with Crippen molar-refractivity contribution in [2.24, 2.45) is 4.99 Å². The van der Waals surface area contributed by atoms with E-state index in [2.05, 4.69) is 58.7 Å². The smallest absolute Gasteiger partial charge is 0.191 e. The van der Waals surface area contributed by atoms with Crippen LogP contribution in [-0.2, 0) is 12.0 Å². The summed E-state index contributed by atoms with van der Waals surface area (Å²) in [6, 6.07) is 16.4. The molecule has 0 radical (unpaired) electrons. The SMILES string of the molecule is CN=C(NCc1ccccn1)NCC(C)(C)c1ccccc1.I. The minimum Gasteiger partial charge on any atom is -0.356 e. The second-order valence-electron chi connectivity index (χ2n) is 5.85. The molecule has 1 aromatic heterocycles. The highest BCUT2D eigenvalue weighted by molar-refractivity contribution is 14.0. The fourth-order valence-corrected chi connectivity index (χ4v) is 2.19. The van der Waals surface area contributed by atoms with Crippen LogP contribution in [0.1, 0.15) is 25.1 Å². The van der Waals surface area contributed by atoms with Crippen LogP contribution in [0.5, 0.6) is 0 Å². The predicted octanol–water partition coefficient (Wildman–Crippen LogP) is 3.34. The van der Waals surface area contributed by atoms with Gasteiger partial charge in [-0.1, -0.05) is 50.2 Å². The molecule has 2 rings (SSSR count). The molecule has 2 N–H and O–H groups in total. The Bertz CT molecular complexity index is 597. The lowest BCUT2D eigenvalue weighted by atomic mass is 9.85. The number of nitrogens with zero attached hydrogens (tertiary/aromatic N) is 2. The maximum atomic E-state index is 4.30. The second kappa shape index (κ2) is 9.50. The molecule has 0 amide bonds. The molecule has 0 saturated heterocycles. The van der Waals surface area contributed by atoms with Gasteiger partial charge in [0.05, 0.1) is 12.2 Å². The Morgan fingerprint density at radius 2 is 1.74 bits per heavy atom. The van der Waals surface area contributed by atoms with Gasteiger partial charge in [-0.2, -0.15) is 0 Å². The Labute approximate surface area is 155 Å². The summed E-state index contributed by atoms with van der Waals surface area (Å²) in [6.45, 7) is 5.91. The van der Waals surface area contributed by atoms with Crippen molar-refractivity contribution in [1.82, 2.24) is 15.6 Å². The maximum absolute atomic E-state index is 4.30. The summed E-state index contributed by atoms with van der Waals surface area (Å²) in [4.78, 5) is 8.56. The molecule has 0 atom stereocenters. The van der Waals surface area contributed by atoms with Gasteiger partial charge < -0.3 is 10.6 Å². The van der Waals surface area contributed by atoms with Gasteiger partial charge in [0.2, 0.25) is 0 Å². The van der Waals surface area contributed by atoms with E-state index in [0.717, 1.165) is 18.2 Å². The van der Waals surface area contributed by atoms with E-state index >= 15 is 0 Å². The van der Waals surface area contributed by atoms with Crippen molar-refractivity contribution in [2.45, 2.75) is 25.8 Å². The van der Waals surface area contributed by atoms with Crippen molar-refractivity contribution in [3.63, 3.8) is 0 Å². The summed E-state index contributed by atoms with van der Waals surface area (Å²) in [5, 5.41) is 6.68. The van der Waals surface area contributed by atoms with Gasteiger partial charge in [0.15, 0.2) is 5.96 Å². The highest BCUT2D eigenvalue weighted by Crippen LogP contribution is 2.21. The standard InChI is InChI=1S/C18H24N4.HI/c1-18(2,15-9-5-4-6-10-15)14-22-17(19-3)21-13-16-11-7-8-12-20-16;/h4-12H,13-14H2,1-3H3,(H2,19,21,22);1H. The molecule has 0 aliphatic heterocycles. The Morgan fingerprint density at radius 1 is 1.04 bits per heavy atom. The van der Waals surface area contributed by atoms with E-state index in [-0.39, 0.29) is 29.4 Å². The van der Waals surface area contributed by atoms with Crippen LogP contribution in [0.25, 0.3) is 0 Å². The van der Waals surface area contributed by atoms with Crippen LogP contribution >= 0.6 is 24.0 Å². The fourth-order valence-electron chi connectivity index (χ4n) is 2.19. The van der Waals surface area contributed by atoms with E-state index in [1.54, 1.807) is 13.2 Å². The minimum atomic E-state index is 0. The quantitative estimate of drug-likeness (QED) is 0.440. The summed E-state index contributed by atoms with van der Waals surface area (Å²) in [7, 11) is 1.78. The van der Waals surface area contributed by atoms with Crippen LogP contribution < -0.4 is 10.6 Å². The molecule has 0 spiro atoms. The normalized spacial score (nSPS) is 11.5. The zero-order valence-electron chi connectivity index (χ0n) is 13.9. The Hall–Kier alpha value is -1.63. The van der Waals surface area contributed by atoms with Crippen LogP contribution in [-0.4, -0.2) is 24.5 Å². The molecule has 0 aliphatic rings. The largest absolute Gasteiger partial charge is 0.356 e. The molecule has 4 nitrogen and oxygen atoms in total. The maximum Gasteiger partial charge on any atom is 0.191 e. The summed E-state index contributed by atoms with van der Waals surface area (Å²) < 4.78 is 0. The van der Waals surface area contributed by atoms with Crippen molar-refractivity contribution in [3.05, 3.63) is 66.0 Å². The van der Waals surface area contributed by atoms with Gasteiger partial charge in [-0.15, -0.1) is 24.0 Å². The van der Waals surface area contributed by atoms with Crippen LogP contribution in [0.15, 0.2) is 59.7 Å². The van der Waals surface area contributed by atoms with Crippen molar-refractivity contribution in [2.75, 3.05) is 13.6 Å². The van der Waals surface area contributed by atoms with Crippen LogP contribution in [0, 0.1) is 0 Å². The molecule has 0 fully saturated rings. The third-order valence-electron chi connectivity index (χ3n) is 3.64. The van der Waals surface area contributed by atoms with Gasteiger partial charge in [0, 0.05) is 25.2 Å². The molecule has 2 aromatic rings. The lowest BCUT2D eigenvalue weighted by Gasteiger charge is -2.26. The first-order valence-electron chi connectivity index (χ1n) is 7.52. The number of benzene rings is 1. The number of pyridine rings is 1. The first-order chi connectivity index (χ1) is 10.6. The van der Waals surface area contributed by atoms with E-state index in [0.29, 0.717) is 6.54 Å². The summed E-state index contributed by atoms with van der Waals surface area (Å²) in [6.07, 6.45) is 1.80. The minimum absolute atomic E-state index is 0. The van der Waals surface area contributed by atoms with E-state index < -0.39 is 0 Å². The monoisotopic (exact) mass is 424 g/mol. The number of rotatable bonds is 5. The number of aliphatic imine (C=N–C) groups is 1. The van der Waals surface area contributed by atoms with Crippen molar-refractivity contribution >= 4 is 29.9 Å². The van der Waals surface area contributed by atoms with Crippen LogP contribution in [0.3, 0.4) is 0 Å². The van der Waals surface area contributed by atoms with Crippen molar-refractivity contribution in [3.8, 4) is 0 Å². The van der Waals surface area contributed by atoms with Crippen molar-refractivity contribution < 1.29 is 0 Å². The van der Waals surface area contributed by atoms with Crippen LogP contribution in [0.4, 0.5) is 0 Å². The van der Waals surface area contributed by atoms with Gasteiger partial charge in [0.1, 0.15) is 0 Å². The highest BCUT2D eigenvalue weighted by atomic mass is 127. The summed E-state index contributed by atoms with van der Waals surface area (Å²) >= 11 is 0. The summed E-state index contributed by atoms with van der Waals surface area (Å²) in [5.74, 6) is 0.787. The number of halogens is 1. The highest BCUT2D eigenvalue weighted by Gasteiger charge is 2.20. The molecule has 0 saturated carbocycles. The fraction of sp³-hybridized carbons (Fsp3) is 0.333. The number of guanidine groups is 1. The number of nitrogens with one attached hydrogen (secondary N) is 2. The van der Waals surface area contributed by atoms with E-state index in [1.807, 2.05) is 24.3 Å². The van der Waals surface area contributed by atoms with Gasteiger partial charge in [-0.3, -0.25) is 9.98 Å². The van der Waals surface area contributed by atoms with Crippen molar-refractivity contribution in [1.29, 1.82) is 0 Å². The molecule has 1 aromatic carbocycles. The molecule has 1 heterocycles. The summed E-state index contributed by atoms with van der Waals surface area (Å²) in [5.41, 5.74) is 2.33. The number of aromatic nitrogens is 1. The molecule has 23 heavy (non-hydrogen) atoms. The first-order valence-corrected chi connectivity index (χ1v) is 7.52. The molecule has 0 bridgehead atoms.